The van der Waals surface area contributed by atoms with Crippen LogP contribution in [0.1, 0.15) is 31.1 Å². The van der Waals surface area contributed by atoms with Crippen LogP contribution >= 0.6 is 0 Å². The highest BCUT2D eigenvalue weighted by Crippen LogP contribution is 2.37. The summed E-state index contributed by atoms with van der Waals surface area (Å²) in [6, 6.07) is 13.2. The predicted octanol–water partition coefficient (Wildman–Crippen LogP) is 3.18. The maximum absolute atomic E-state index is 5.84. The van der Waals surface area contributed by atoms with Crippen molar-refractivity contribution in [3.63, 3.8) is 0 Å². The Morgan fingerprint density at radius 2 is 2.05 bits per heavy atom. The third kappa shape index (κ3) is 2.10. The maximum Gasteiger partial charge on any atom is 0.0600 e. The molecule has 1 aromatic heterocycles. The van der Waals surface area contributed by atoms with Gasteiger partial charge in [-0.05, 0) is 44.0 Å². The van der Waals surface area contributed by atoms with Crippen molar-refractivity contribution in [2.75, 3.05) is 4.90 Å². The van der Waals surface area contributed by atoms with Crippen molar-refractivity contribution < 1.29 is 0 Å². The highest BCUT2D eigenvalue weighted by Gasteiger charge is 2.26. The van der Waals surface area contributed by atoms with Gasteiger partial charge in [-0.25, -0.2) is 0 Å². The van der Waals surface area contributed by atoms with Crippen molar-refractivity contribution in [3.8, 4) is 0 Å². The molecule has 0 spiro atoms. The molecule has 0 amide bonds. The number of hydrogen-bond donors (Lipinski definition) is 1. The molecule has 3 rings (SSSR count). The normalized spacial score (nSPS) is 19.3. The van der Waals surface area contributed by atoms with E-state index in [1.54, 1.807) is 0 Å². The molecule has 0 aliphatic carbocycles. The van der Waals surface area contributed by atoms with Crippen molar-refractivity contribution in [1.82, 2.24) is 4.98 Å². The second-order valence-electron chi connectivity index (χ2n) is 5.28. The molecule has 3 heteroatoms. The first kappa shape index (κ1) is 12.2. The Bertz CT molecular complexity index is 575. The molecule has 2 aromatic rings. The quantitative estimate of drug-likeness (QED) is 0.893. The van der Waals surface area contributed by atoms with Crippen LogP contribution in [0.5, 0.6) is 0 Å². The van der Waals surface area contributed by atoms with Gasteiger partial charge in [0.15, 0.2) is 0 Å². The van der Waals surface area contributed by atoms with Gasteiger partial charge in [0.2, 0.25) is 0 Å². The summed E-state index contributed by atoms with van der Waals surface area (Å²) in [6.45, 7) is 4.20. The van der Waals surface area contributed by atoms with E-state index in [4.69, 9.17) is 5.73 Å². The van der Waals surface area contributed by atoms with E-state index >= 15 is 0 Å². The summed E-state index contributed by atoms with van der Waals surface area (Å²) < 4.78 is 0. The van der Waals surface area contributed by atoms with Crippen LogP contribution < -0.4 is 10.6 Å². The van der Waals surface area contributed by atoms with E-state index in [0.717, 1.165) is 17.8 Å². The minimum Gasteiger partial charge on any atom is -0.337 e. The average molecular weight is 253 g/mol. The van der Waals surface area contributed by atoms with E-state index in [2.05, 4.69) is 47.1 Å². The molecule has 19 heavy (non-hydrogen) atoms. The van der Waals surface area contributed by atoms with Gasteiger partial charge in [-0.1, -0.05) is 18.2 Å². The predicted molar refractivity (Wildman–Crippen MR) is 78.6 cm³/mol. The molecule has 2 N–H and O–H groups in total. The second-order valence-corrected chi connectivity index (χ2v) is 5.28. The number of hydrogen-bond acceptors (Lipinski definition) is 3. The third-order valence-electron chi connectivity index (χ3n) is 3.72. The number of fused-ring (bicyclic) bond motifs is 1. The summed E-state index contributed by atoms with van der Waals surface area (Å²) in [5, 5.41) is 0. The number of pyridine rings is 1. The summed E-state index contributed by atoms with van der Waals surface area (Å²) in [4.78, 5) is 6.82. The highest BCUT2D eigenvalue weighted by molar-refractivity contribution is 5.70. The van der Waals surface area contributed by atoms with E-state index in [1.807, 2.05) is 19.2 Å². The number of para-hydroxylation sites is 1. The van der Waals surface area contributed by atoms with Gasteiger partial charge >= 0.3 is 0 Å². The topological polar surface area (TPSA) is 42.1 Å². The first-order chi connectivity index (χ1) is 9.16. The Kier molecular flexibility index (Phi) is 2.99. The zero-order valence-corrected chi connectivity index (χ0v) is 11.4. The van der Waals surface area contributed by atoms with Crippen molar-refractivity contribution in [2.24, 2.45) is 5.73 Å². The summed E-state index contributed by atoms with van der Waals surface area (Å²) in [6.07, 6.45) is 3.02. The molecule has 0 saturated heterocycles. The second kappa shape index (κ2) is 4.67. The van der Waals surface area contributed by atoms with Gasteiger partial charge in [0, 0.05) is 17.8 Å². The van der Waals surface area contributed by atoms with Gasteiger partial charge in [-0.2, -0.15) is 0 Å². The summed E-state index contributed by atoms with van der Waals surface area (Å²) in [5.74, 6) is 0. The van der Waals surface area contributed by atoms with Crippen molar-refractivity contribution in [3.05, 3.63) is 53.9 Å². The van der Waals surface area contributed by atoms with E-state index in [1.165, 1.54) is 11.3 Å². The average Bonchev–Trinajstić information content (AvgIpc) is 2.74. The van der Waals surface area contributed by atoms with E-state index in [0.29, 0.717) is 6.04 Å². The number of aromatic nitrogens is 1. The van der Waals surface area contributed by atoms with E-state index in [9.17, 15) is 0 Å². The molecule has 1 aromatic carbocycles. The standard InChI is InChI=1S/C16H19N3/c1-11-9-13-5-3-4-6-16(13)19(11)14-7-8-15(12(2)17)18-10-14/h3-8,10-12H,9,17H2,1-2H3/t11?,12-/m0/s1. The van der Waals surface area contributed by atoms with E-state index < -0.39 is 0 Å². The van der Waals surface area contributed by atoms with Crippen LogP contribution in [0.4, 0.5) is 11.4 Å². The van der Waals surface area contributed by atoms with Crippen molar-refractivity contribution >= 4 is 11.4 Å². The lowest BCUT2D eigenvalue weighted by molar-refractivity contribution is 0.751. The van der Waals surface area contributed by atoms with Crippen LogP contribution in [-0.2, 0) is 6.42 Å². The molecule has 98 valence electrons. The minimum atomic E-state index is -0.0164. The Morgan fingerprint density at radius 1 is 1.26 bits per heavy atom. The summed E-state index contributed by atoms with van der Waals surface area (Å²) >= 11 is 0. The van der Waals surface area contributed by atoms with Gasteiger partial charge in [0.05, 0.1) is 17.6 Å². The Morgan fingerprint density at radius 3 is 2.74 bits per heavy atom. The SMILES string of the molecule is CC1Cc2ccccc2N1c1ccc([C@H](C)N)nc1. The molecule has 0 radical (unpaired) electrons. The Labute approximate surface area is 114 Å². The number of anilines is 2. The van der Waals surface area contributed by atoms with Gasteiger partial charge in [0.25, 0.3) is 0 Å². The lowest BCUT2D eigenvalue weighted by Crippen LogP contribution is -2.24. The zero-order chi connectivity index (χ0) is 13.4. The largest absolute Gasteiger partial charge is 0.337 e. The molecule has 0 bridgehead atoms. The molecule has 1 unspecified atom stereocenters. The number of nitrogens with zero attached hydrogens (tertiary/aromatic N) is 2. The fourth-order valence-corrected chi connectivity index (χ4v) is 2.77. The van der Waals surface area contributed by atoms with Crippen LogP contribution in [-0.4, -0.2) is 11.0 Å². The van der Waals surface area contributed by atoms with Crippen LogP contribution in [0, 0.1) is 0 Å². The molecule has 0 fully saturated rings. The fraction of sp³-hybridized carbons (Fsp3) is 0.312. The first-order valence-corrected chi connectivity index (χ1v) is 6.75. The Hall–Kier alpha value is -1.87. The van der Waals surface area contributed by atoms with Crippen molar-refractivity contribution in [2.45, 2.75) is 32.4 Å². The zero-order valence-electron chi connectivity index (χ0n) is 11.4. The maximum atomic E-state index is 5.84. The molecule has 2 heterocycles. The van der Waals surface area contributed by atoms with Crippen LogP contribution in [0.3, 0.4) is 0 Å². The molecular weight excluding hydrogens is 234 g/mol. The van der Waals surface area contributed by atoms with Gasteiger partial charge in [-0.15, -0.1) is 0 Å². The number of nitrogens with two attached hydrogens (primary N) is 1. The molecule has 1 aliphatic heterocycles. The fourth-order valence-electron chi connectivity index (χ4n) is 2.77. The van der Waals surface area contributed by atoms with Crippen LogP contribution in [0.15, 0.2) is 42.6 Å². The molecule has 3 nitrogen and oxygen atoms in total. The smallest absolute Gasteiger partial charge is 0.0600 e. The summed E-state index contributed by atoms with van der Waals surface area (Å²) in [5.41, 5.74) is 10.6. The lowest BCUT2D eigenvalue weighted by atomic mass is 10.1. The third-order valence-corrected chi connectivity index (χ3v) is 3.72. The Balaban J connectivity index is 1.98. The van der Waals surface area contributed by atoms with Gasteiger partial charge in [-0.3, -0.25) is 4.98 Å². The molecule has 1 aliphatic rings. The number of rotatable bonds is 2. The monoisotopic (exact) mass is 253 g/mol. The molecule has 2 atom stereocenters. The highest BCUT2D eigenvalue weighted by atomic mass is 15.2. The number of benzene rings is 1. The summed E-state index contributed by atoms with van der Waals surface area (Å²) in [7, 11) is 0. The van der Waals surface area contributed by atoms with Gasteiger partial charge < -0.3 is 10.6 Å². The van der Waals surface area contributed by atoms with Gasteiger partial charge in [0.1, 0.15) is 0 Å². The lowest BCUT2D eigenvalue weighted by Gasteiger charge is -2.25. The van der Waals surface area contributed by atoms with Crippen LogP contribution in [0.25, 0.3) is 0 Å². The minimum absolute atomic E-state index is 0.0164. The molecular formula is C16H19N3. The van der Waals surface area contributed by atoms with Crippen LogP contribution in [0.2, 0.25) is 0 Å². The molecule has 0 saturated carbocycles. The van der Waals surface area contributed by atoms with E-state index in [-0.39, 0.29) is 6.04 Å². The van der Waals surface area contributed by atoms with Crippen molar-refractivity contribution in [1.29, 1.82) is 0 Å². The first-order valence-electron chi connectivity index (χ1n) is 6.75.